The fourth-order valence-electron chi connectivity index (χ4n) is 0. The molecule has 1 nitrogen and oxygen atoms in total. The summed E-state index contributed by atoms with van der Waals surface area (Å²) in [6, 6.07) is 0. The monoisotopic (exact) mass is 94.1 g/mol. The Labute approximate surface area is 41.7 Å². The maximum absolute atomic E-state index is 4.25. The first kappa shape index (κ1) is 18.2. The minimum absolute atomic E-state index is 0. The molecule has 0 aromatic rings. The molecule has 5 heavy (non-hydrogen) atoms. The van der Waals surface area contributed by atoms with E-state index in [9.17, 15) is 0 Å². The Balaban J connectivity index is -0.0000000200. The summed E-state index contributed by atoms with van der Waals surface area (Å²) in [6.45, 7) is 0. The highest BCUT2D eigenvalue weighted by Crippen LogP contribution is 1.28. The zero-order valence-electron chi connectivity index (χ0n) is 2.91. The van der Waals surface area contributed by atoms with Crippen molar-refractivity contribution in [3.05, 3.63) is 0 Å². The quantitative estimate of drug-likeness (QED) is 0.357. The molecule has 0 aliphatic rings. The van der Waals surface area contributed by atoms with Crippen molar-refractivity contribution in [2.75, 3.05) is 14.2 Å². The van der Waals surface area contributed by atoms with Gasteiger partial charge in [0.15, 0.2) is 0 Å². The van der Waals surface area contributed by atoms with Crippen molar-refractivity contribution < 1.29 is 4.74 Å². The molecular weight excluding hydrogens is 82.9 g/mol. The predicted octanol–water partition coefficient (Wildman–Crippen LogP) is -0.809. The number of ether oxygens (including phenoxy) is 1. The Morgan fingerprint density at radius 3 is 1.20 bits per heavy atom. The van der Waals surface area contributed by atoms with Crippen LogP contribution in [0, 0.1) is 0 Å². The van der Waals surface area contributed by atoms with Gasteiger partial charge in [-0.1, -0.05) is 0 Å². The second-order valence-electron chi connectivity index (χ2n) is 0.408. The molecule has 0 saturated heterocycles. The van der Waals surface area contributed by atoms with E-state index in [1.54, 1.807) is 14.2 Å². The summed E-state index contributed by atoms with van der Waals surface area (Å²) in [7, 11) is 3.25. The molecule has 0 amide bonds. The van der Waals surface area contributed by atoms with Gasteiger partial charge in [0, 0.05) is 14.2 Å². The first-order valence-corrected chi connectivity index (χ1v) is 0.816. The lowest BCUT2D eigenvalue weighted by molar-refractivity contribution is 0.277. The molecule has 0 atom stereocenters. The Morgan fingerprint density at radius 2 is 1.20 bits per heavy atom. The molecule has 0 heterocycles. The lowest BCUT2D eigenvalue weighted by Gasteiger charge is -1.61. The molecule has 0 saturated carbocycles. The van der Waals surface area contributed by atoms with Crippen molar-refractivity contribution >= 4 is 21.9 Å². The number of methoxy groups -OCH3 is 1. The zero-order chi connectivity index (χ0) is 2.71. The average molecular weight is 94.0 g/mol. The van der Waals surface area contributed by atoms with E-state index in [0.29, 0.717) is 0 Å². The fraction of sp³-hybridized carbons (Fsp3) is 1.00. The molecule has 3 heteroatoms. The molecular formula is C2H11BOS. The fourth-order valence-corrected chi connectivity index (χ4v) is 0. The van der Waals surface area contributed by atoms with Gasteiger partial charge in [0.2, 0.25) is 0 Å². The summed E-state index contributed by atoms with van der Waals surface area (Å²) < 4.78 is 4.25. The molecule has 0 bridgehead atoms. The third kappa shape index (κ3) is 176. The topological polar surface area (TPSA) is 9.23 Å². The minimum Gasteiger partial charge on any atom is -0.388 e. The zero-order valence-corrected chi connectivity index (χ0v) is 3.91. The molecule has 0 fully saturated rings. The highest BCUT2D eigenvalue weighted by molar-refractivity contribution is 7.59. The first-order chi connectivity index (χ1) is 1.41. The molecule has 0 unspecified atom stereocenters. The van der Waals surface area contributed by atoms with Crippen molar-refractivity contribution in [1.82, 2.24) is 0 Å². The molecule has 0 aromatic carbocycles. The smallest absolute Gasteiger partial charge is 0.0814 e. The SMILES string of the molecule is B.COC.S. The second kappa shape index (κ2) is 26.4. The van der Waals surface area contributed by atoms with Gasteiger partial charge in [-0.25, -0.2) is 0 Å². The standard InChI is InChI=1S/C2H6O.BH3.H2S/c1-3-2;;/h1-2H3;1H3;1H2. The van der Waals surface area contributed by atoms with E-state index in [0.717, 1.165) is 0 Å². The van der Waals surface area contributed by atoms with E-state index >= 15 is 0 Å². The summed E-state index contributed by atoms with van der Waals surface area (Å²) in [5.74, 6) is 0. The normalized spacial score (nSPS) is 3.60. The third-order valence-corrected chi connectivity index (χ3v) is 0. The number of hydrogen-bond donors (Lipinski definition) is 0. The van der Waals surface area contributed by atoms with Gasteiger partial charge in [-0.05, 0) is 0 Å². The van der Waals surface area contributed by atoms with Gasteiger partial charge in [0.1, 0.15) is 0 Å². The van der Waals surface area contributed by atoms with Crippen LogP contribution in [-0.2, 0) is 4.74 Å². The second-order valence-corrected chi connectivity index (χ2v) is 0.408. The van der Waals surface area contributed by atoms with Crippen molar-refractivity contribution in [2.45, 2.75) is 0 Å². The van der Waals surface area contributed by atoms with E-state index in [-0.39, 0.29) is 21.9 Å². The van der Waals surface area contributed by atoms with Crippen molar-refractivity contribution in [3.8, 4) is 0 Å². The van der Waals surface area contributed by atoms with Crippen LogP contribution in [0.1, 0.15) is 0 Å². The van der Waals surface area contributed by atoms with Crippen LogP contribution in [0.4, 0.5) is 0 Å². The average Bonchev–Trinajstić information content (AvgIpc) is 0.918. The van der Waals surface area contributed by atoms with Crippen LogP contribution < -0.4 is 0 Å². The Bertz CT molecular complexity index is 9.61. The molecule has 0 rings (SSSR count). The summed E-state index contributed by atoms with van der Waals surface area (Å²) in [5, 5.41) is 0. The summed E-state index contributed by atoms with van der Waals surface area (Å²) in [6.07, 6.45) is 0. The summed E-state index contributed by atoms with van der Waals surface area (Å²) in [4.78, 5) is 0. The van der Waals surface area contributed by atoms with Gasteiger partial charge in [-0.2, -0.15) is 13.5 Å². The predicted molar refractivity (Wildman–Crippen MR) is 33.3 cm³/mol. The van der Waals surface area contributed by atoms with Crippen LogP contribution in [0.2, 0.25) is 0 Å². The molecule has 0 N–H and O–H groups in total. The molecule has 0 spiro atoms. The van der Waals surface area contributed by atoms with Gasteiger partial charge in [-0.3, -0.25) is 0 Å². The molecule has 0 aliphatic heterocycles. The number of hydrogen-bond acceptors (Lipinski definition) is 1. The van der Waals surface area contributed by atoms with E-state index < -0.39 is 0 Å². The van der Waals surface area contributed by atoms with E-state index in [2.05, 4.69) is 4.74 Å². The Kier molecular flexibility index (Phi) is 96.2. The summed E-state index contributed by atoms with van der Waals surface area (Å²) in [5.41, 5.74) is 0. The molecule has 0 aliphatic carbocycles. The highest BCUT2D eigenvalue weighted by atomic mass is 32.1. The van der Waals surface area contributed by atoms with Crippen molar-refractivity contribution in [1.29, 1.82) is 0 Å². The van der Waals surface area contributed by atoms with Gasteiger partial charge in [0.25, 0.3) is 0 Å². The summed E-state index contributed by atoms with van der Waals surface area (Å²) >= 11 is 0. The lowest BCUT2D eigenvalue weighted by Crippen LogP contribution is -1.55. The molecule has 0 radical (unpaired) electrons. The Morgan fingerprint density at radius 1 is 1.20 bits per heavy atom. The third-order valence-electron chi connectivity index (χ3n) is 0. The van der Waals surface area contributed by atoms with E-state index in [1.807, 2.05) is 0 Å². The van der Waals surface area contributed by atoms with Crippen molar-refractivity contribution in [2.24, 2.45) is 0 Å². The molecule has 0 aromatic heterocycles. The van der Waals surface area contributed by atoms with Gasteiger partial charge in [-0.15, -0.1) is 0 Å². The largest absolute Gasteiger partial charge is 0.388 e. The van der Waals surface area contributed by atoms with E-state index in [1.165, 1.54) is 0 Å². The van der Waals surface area contributed by atoms with Crippen LogP contribution in [0.25, 0.3) is 0 Å². The van der Waals surface area contributed by atoms with Crippen LogP contribution in [-0.4, -0.2) is 22.6 Å². The van der Waals surface area contributed by atoms with Gasteiger partial charge in [0.05, 0.1) is 8.41 Å². The number of rotatable bonds is 0. The lowest BCUT2D eigenvalue weighted by atomic mass is 10.8. The minimum atomic E-state index is 0. The molecule has 34 valence electrons. The van der Waals surface area contributed by atoms with Crippen LogP contribution >= 0.6 is 13.5 Å². The Hall–Kier alpha value is 0.375. The van der Waals surface area contributed by atoms with Crippen LogP contribution in [0.15, 0.2) is 0 Å². The van der Waals surface area contributed by atoms with Crippen LogP contribution in [0.5, 0.6) is 0 Å². The van der Waals surface area contributed by atoms with E-state index in [4.69, 9.17) is 0 Å². The van der Waals surface area contributed by atoms with Gasteiger partial charge >= 0.3 is 0 Å². The highest BCUT2D eigenvalue weighted by Gasteiger charge is 1.25. The maximum atomic E-state index is 4.25. The first-order valence-electron chi connectivity index (χ1n) is 0.816. The van der Waals surface area contributed by atoms with Gasteiger partial charge < -0.3 is 4.74 Å². The van der Waals surface area contributed by atoms with Crippen LogP contribution in [0.3, 0.4) is 0 Å². The maximum Gasteiger partial charge on any atom is 0.0814 e. The van der Waals surface area contributed by atoms with Crippen molar-refractivity contribution in [3.63, 3.8) is 0 Å².